The summed E-state index contributed by atoms with van der Waals surface area (Å²) < 4.78 is 1.73. The summed E-state index contributed by atoms with van der Waals surface area (Å²) in [5.74, 6) is 0.784. The first-order valence-corrected chi connectivity index (χ1v) is 6.28. The first kappa shape index (κ1) is 11.5. The Morgan fingerprint density at radius 3 is 2.50 bits per heavy atom. The smallest absolute Gasteiger partial charge is 0.267 e. The maximum absolute atomic E-state index is 11.8. The van der Waals surface area contributed by atoms with Crippen LogP contribution in [0.5, 0.6) is 0 Å². The molecule has 1 aliphatic carbocycles. The molecule has 0 radical (unpaired) electrons. The Bertz CT molecular complexity index is 402. The van der Waals surface area contributed by atoms with Gasteiger partial charge in [-0.15, -0.1) is 0 Å². The van der Waals surface area contributed by atoms with Gasteiger partial charge >= 0.3 is 0 Å². The Morgan fingerprint density at radius 1 is 1.38 bits per heavy atom. The Hall–Kier alpha value is -0.990. The minimum absolute atomic E-state index is 0.0977. The lowest BCUT2D eigenvalue weighted by Crippen LogP contribution is -2.32. The van der Waals surface area contributed by atoms with Crippen LogP contribution >= 0.6 is 0 Å². The van der Waals surface area contributed by atoms with E-state index in [1.807, 2.05) is 20.8 Å². The number of aromatic amines is 1. The van der Waals surface area contributed by atoms with Gasteiger partial charge < -0.3 is 0 Å². The number of hydrogen-bond donors (Lipinski definition) is 1. The molecule has 1 aliphatic rings. The maximum Gasteiger partial charge on any atom is 0.267 e. The molecule has 0 spiro atoms. The number of rotatable bonds is 2. The van der Waals surface area contributed by atoms with Crippen molar-refractivity contribution in [1.29, 1.82) is 0 Å². The summed E-state index contributed by atoms with van der Waals surface area (Å²) in [7, 11) is 0. The van der Waals surface area contributed by atoms with Gasteiger partial charge in [0.05, 0.1) is 5.54 Å². The largest absolute Gasteiger partial charge is 0.299 e. The van der Waals surface area contributed by atoms with Crippen LogP contribution in [0.2, 0.25) is 0 Å². The Morgan fingerprint density at radius 2 is 2.00 bits per heavy atom. The Kier molecular flexibility index (Phi) is 2.96. The summed E-state index contributed by atoms with van der Waals surface area (Å²) in [5, 5.41) is 3.25. The lowest BCUT2D eigenvalue weighted by molar-refractivity contribution is 0.342. The van der Waals surface area contributed by atoms with E-state index in [4.69, 9.17) is 0 Å². The zero-order valence-electron chi connectivity index (χ0n) is 10.5. The molecule has 3 heteroatoms. The summed E-state index contributed by atoms with van der Waals surface area (Å²) >= 11 is 0. The predicted molar refractivity (Wildman–Crippen MR) is 65.7 cm³/mol. The van der Waals surface area contributed by atoms with Crippen LogP contribution in [-0.2, 0) is 12.0 Å². The molecule has 0 aromatic carbocycles. The molecule has 0 amide bonds. The molecular weight excluding hydrogens is 200 g/mol. The standard InChI is InChI=1S/C13H22N2O/c1-13(2,3)15-12(16)9-11(14-15)8-10-6-4-5-7-10/h9-10,14H,4-8H2,1-3H3. The summed E-state index contributed by atoms with van der Waals surface area (Å²) in [6, 6.07) is 1.77. The zero-order valence-corrected chi connectivity index (χ0v) is 10.5. The van der Waals surface area contributed by atoms with Crippen molar-refractivity contribution < 1.29 is 0 Å². The summed E-state index contributed by atoms with van der Waals surface area (Å²) in [6.45, 7) is 6.14. The van der Waals surface area contributed by atoms with Gasteiger partial charge in [-0.2, -0.15) is 0 Å². The van der Waals surface area contributed by atoms with Crippen molar-refractivity contribution in [3.8, 4) is 0 Å². The molecule has 1 saturated carbocycles. The fourth-order valence-corrected chi connectivity index (χ4v) is 2.57. The van der Waals surface area contributed by atoms with E-state index in [0.29, 0.717) is 0 Å². The minimum atomic E-state index is -0.148. The van der Waals surface area contributed by atoms with Crippen LogP contribution in [0, 0.1) is 5.92 Å². The van der Waals surface area contributed by atoms with Crippen molar-refractivity contribution in [2.24, 2.45) is 5.92 Å². The van der Waals surface area contributed by atoms with Crippen molar-refractivity contribution in [2.75, 3.05) is 0 Å². The molecule has 0 aliphatic heterocycles. The van der Waals surface area contributed by atoms with E-state index in [9.17, 15) is 4.79 Å². The highest BCUT2D eigenvalue weighted by atomic mass is 16.1. The molecule has 1 aromatic rings. The lowest BCUT2D eigenvalue weighted by Gasteiger charge is -2.19. The molecule has 0 saturated heterocycles. The lowest BCUT2D eigenvalue weighted by atomic mass is 10.0. The number of hydrogen-bond acceptors (Lipinski definition) is 1. The highest BCUT2D eigenvalue weighted by Crippen LogP contribution is 2.27. The Labute approximate surface area is 96.8 Å². The van der Waals surface area contributed by atoms with E-state index in [2.05, 4.69) is 5.10 Å². The number of aromatic nitrogens is 2. The molecule has 1 N–H and O–H groups in total. The SMILES string of the molecule is CC(C)(C)n1[nH]c(CC2CCCC2)cc1=O. The third kappa shape index (κ3) is 2.39. The third-order valence-corrected chi connectivity index (χ3v) is 3.43. The monoisotopic (exact) mass is 222 g/mol. The van der Waals surface area contributed by atoms with E-state index in [1.165, 1.54) is 25.7 Å². The van der Waals surface area contributed by atoms with Crippen LogP contribution in [0.1, 0.15) is 52.1 Å². The second-order valence-electron chi connectivity index (χ2n) is 5.98. The van der Waals surface area contributed by atoms with Crippen molar-refractivity contribution in [3.63, 3.8) is 0 Å². The summed E-state index contributed by atoms with van der Waals surface area (Å²) in [4.78, 5) is 11.8. The van der Waals surface area contributed by atoms with Gasteiger partial charge in [-0.1, -0.05) is 25.7 Å². The topological polar surface area (TPSA) is 37.8 Å². The first-order valence-electron chi connectivity index (χ1n) is 6.28. The Balaban J connectivity index is 2.14. The molecule has 90 valence electrons. The predicted octanol–water partition coefficient (Wildman–Crippen LogP) is 2.66. The fourth-order valence-electron chi connectivity index (χ4n) is 2.57. The highest BCUT2D eigenvalue weighted by molar-refractivity contribution is 5.03. The molecule has 1 fully saturated rings. The molecule has 2 rings (SSSR count). The quantitative estimate of drug-likeness (QED) is 0.820. The van der Waals surface area contributed by atoms with Gasteiger partial charge in [0.1, 0.15) is 0 Å². The molecule has 1 heterocycles. The molecule has 16 heavy (non-hydrogen) atoms. The van der Waals surface area contributed by atoms with Crippen LogP contribution in [0.25, 0.3) is 0 Å². The van der Waals surface area contributed by atoms with Gasteiger partial charge in [0.25, 0.3) is 5.56 Å². The molecule has 0 bridgehead atoms. The third-order valence-electron chi connectivity index (χ3n) is 3.43. The van der Waals surface area contributed by atoms with Crippen molar-refractivity contribution in [2.45, 2.75) is 58.4 Å². The van der Waals surface area contributed by atoms with Crippen LogP contribution in [-0.4, -0.2) is 9.78 Å². The van der Waals surface area contributed by atoms with E-state index < -0.39 is 0 Å². The fraction of sp³-hybridized carbons (Fsp3) is 0.769. The maximum atomic E-state index is 11.8. The number of nitrogens with zero attached hydrogens (tertiary/aromatic N) is 1. The van der Waals surface area contributed by atoms with Crippen LogP contribution in [0.15, 0.2) is 10.9 Å². The van der Waals surface area contributed by atoms with E-state index in [-0.39, 0.29) is 11.1 Å². The van der Waals surface area contributed by atoms with Gasteiger partial charge in [-0.3, -0.25) is 9.89 Å². The van der Waals surface area contributed by atoms with Crippen LogP contribution in [0.3, 0.4) is 0 Å². The normalized spacial score (nSPS) is 18.2. The minimum Gasteiger partial charge on any atom is -0.299 e. The van der Waals surface area contributed by atoms with E-state index in [1.54, 1.807) is 10.7 Å². The van der Waals surface area contributed by atoms with Gasteiger partial charge in [-0.25, -0.2) is 4.68 Å². The molecule has 0 atom stereocenters. The number of H-pyrrole nitrogens is 1. The molecular formula is C13H22N2O. The van der Waals surface area contributed by atoms with Crippen LogP contribution in [0.4, 0.5) is 0 Å². The van der Waals surface area contributed by atoms with Gasteiger partial charge in [0.15, 0.2) is 0 Å². The summed E-state index contributed by atoms with van der Waals surface area (Å²) in [5.41, 5.74) is 1.05. The van der Waals surface area contributed by atoms with Crippen molar-refractivity contribution in [3.05, 3.63) is 22.1 Å². The average Bonchev–Trinajstić information content (AvgIpc) is 2.74. The van der Waals surface area contributed by atoms with Crippen LogP contribution < -0.4 is 5.56 Å². The van der Waals surface area contributed by atoms with Crippen molar-refractivity contribution in [1.82, 2.24) is 9.78 Å². The second-order valence-corrected chi connectivity index (χ2v) is 5.98. The number of nitrogens with one attached hydrogen (secondary N) is 1. The molecule has 1 aromatic heterocycles. The molecule has 3 nitrogen and oxygen atoms in total. The van der Waals surface area contributed by atoms with Gasteiger partial charge in [0.2, 0.25) is 0 Å². The summed E-state index contributed by atoms with van der Waals surface area (Å²) in [6.07, 6.45) is 6.40. The highest BCUT2D eigenvalue weighted by Gasteiger charge is 2.20. The van der Waals surface area contributed by atoms with Gasteiger partial charge in [0, 0.05) is 11.8 Å². The average molecular weight is 222 g/mol. The zero-order chi connectivity index (χ0) is 11.8. The molecule has 0 unspecified atom stereocenters. The van der Waals surface area contributed by atoms with E-state index >= 15 is 0 Å². The second kappa shape index (κ2) is 4.11. The van der Waals surface area contributed by atoms with E-state index in [0.717, 1.165) is 18.0 Å². The van der Waals surface area contributed by atoms with Crippen molar-refractivity contribution >= 4 is 0 Å². The van der Waals surface area contributed by atoms with Gasteiger partial charge in [-0.05, 0) is 33.1 Å². The first-order chi connectivity index (χ1) is 7.47.